The molecule has 0 aromatic heterocycles. The van der Waals surface area contributed by atoms with E-state index in [1.54, 1.807) is 12.1 Å². The predicted octanol–water partition coefficient (Wildman–Crippen LogP) is 3.15. The molecule has 0 radical (unpaired) electrons. The summed E-state index contributed by atoms with van der Waals surface area (Å²) in [5.74, 6) is -3.26. The Kier molecular flexibility index (Phi) is 7.57. The zero-order valence-electron chi connectivity index (χ0n) is 15.6. The number of hydrogen-bond acceptors (Lipinski definition) is 3. The van der Waals surface area contributed by atoms with Crippen molar-refractivity contribution in [3.05, 3.63) is 65.5 Å². The lowest BCUT2D eigenvalue weighted by atomic mass is 9.96. The molecule has 2 amide bonds. The summed E-state index contributed by atoms with van der Waals surface area (Å²) in [6, 6.07) is 8.82. The summed E-state index contributed by atoms with van der Waals surface area (Å²) < 4.78 is 39.1. The average molecular weight is 393 g/mol. The molecule has 1 unspecified atom stereocenters. The van der Waals surface area contributed by atoms with E-state index in [0.29, 0.717) is 0 Å². The SMILES string of the molecule is CC(C)C(NCC(=O)NCC(=O)Nc1ccc(F)c(F)c1)c1ccc(F)cc1. The number of anilines is 1. The molecule has 2 aromatic carbocycles. The van der Waals surface area contributed by atoms with E-state index in [2.05, 4.69) is 16.0 Å². The van der Waals surface area contributed by atoms with Gasteiger partial charge in [0.15, 0.2) is 11.6 Å². The van der Waals surface area contributed by atoms with Gasteiger partial charge < -0.3 is 16.0 Å². The minimum Gasteiger partial charge on any atom is -0.346 e. The summed E-state index contributed by atoms with van der Waals surface area (Å²) in [5, 5.41) is 7.89. The Balaban J connectivity index is 1.81. The van der Waals surface area contributed by atoms with Crippen LogP contribution in [0, 0.1) is 23.4 Å². The number of rotatable bonds is 8. The molecule has 3 N–H and O–H groups in total. The van der Waals surface area contributed by atoms with Gasteiger partial charge in [0.05, 0.1) is 13.1 Å². The van der Waals surface area contributed by atoms with Crippen molar-refractivity contribution in [1.29, 1.82) is 0 Å². The quantitative estimate of drug-likeness (QED) is 0.645. The normalized spacial score (nSPS) is 11.9. The van der Waals surface area contributed by atoms with Crippen LogP contribution < -0.4 is 16.0 Å². The largest absolute Gasteiger partial charge is 0.346 e. The highest BCUT2D eigenvalue weighted by molar-refractivity contribution is 5.94. The van der Waals surface area contributed by atoms with Crippen LogP contribution in [0.15, 0.2) is 42.5 Å². The van der Waals surface area contributed by atoms with Gasteiger partial charge in [-0.3, -0.25) is 9.59 Å². The molecule has 0 aliphatic carbocycles. The highest BCUT2D eigenvalue weighted by Gasteiger charge is 2.17. The lowest BCUT2D eigenvalue weighted by Crippen LogP contribution is -2.40. The first-order valence-electron chi connectivity index (χ1n) is 8.76. The van der Waals surface area contributed by atoms with Crippen LogP contribution in [0.5, 0.6) is 0 Å². The number of amides is 2. The summed E-state index contributed by atoms with van der Waals surface area (Å²) in [4.78, 5) is 23.8. The van der Waals surface area contributed by atoms with Crippen molar-refractivity contribution >= 4 is 17.5 Å². The zero-order chi connectivity index (χ0) is 20.7. The third kappa shape index (κ3) is 6.38. The van der Waals surface area contributed by atoms with Crippen LogP contribution >= 0.6 is 0 Å². The van der Waals surface area contributed by atoms with E-state index < -0.39 is 23.4 Å². The summed E-state index contributed by atoms with van der Waals surface area (Å²) in [6.07, 6.45) is 0. The number of carbonyl (C=O) groups is 2. The maximum Gasteiger partial charge on any atom is 0.243 e. The first kappa shape index (κ1) is 21.4. The van der Waals surface area contributed by atoms with Crippen molar-refractivity contribution < 1.29 is 22.8 Å². The lowest BCUT2D eigenvalue weighted by molar-refractivity contribution is -0.123. The minimum absolute atomic E-state index is 0.0430. The fraction of sp³-hybridized carbons (Fsp3) is 0.300. The van der Waals surface area contributed by atoms with Crippen molar-refractivity contribution in [2.24, 2.45) is 5.92 Å². The summed E-state index contributed by atoms with van der Waals surface area (Å²) >= 11 is 0. The number of benzene rings is 2. The molecule has 0 spiro atoms. The second kappa shape index (κ2) is 9.89. The smallest absolute Gasteiger partial charge is 0.243 e. The summed E-state index contributed by atoms with van der Waals surface area (Å²) in [6.45, 7) is 3.57. The number of carbonyl (C=O) groups excluding carboxylic acids is 2. The standard InChI is InChI=1S/C20H22F3N3O2/c1-12(2)20(13-3-5-14(21)6-4-13)25-10-18(27)24-11-19(28)26-15-7-8-16(22)17(23)9-15/h3-9,12,20,25H,10-11H2,1-2H3,(H,24,27)(H,26,28). The van der Waals surface area contributed by atoms with Gasteiger partial charge in [-0.15, -0.1) is 0 Å². The summed E-state index contributed by atoms with van der Waals surface area (Å²) in [7, 11) is 0. The molecule has 0 fully saturated rings. The van der Waals surface area contributed by atoms with Gasteiger partial charge in [-0.25, -0.2) is 13.2 Å². The van der Waals surface area contributed by atoms with E-state index in [9.17, 15) is 22.8 Å². The molecular formula is C20H22F3N3O2. The van der Waals surface area contributed by atoms with Crippen molar-refractivity contribution in [1.82, 2.24) is 10.6 Å². The molecule has 0 aliphatic heterocycles. The van der Waals surface area contributed by atoms with E-state index in [-0.39, 0.29) is 36.6 Å². The van der Waals surface area contributed by atoms with Crippen molar-refractivity contribution in [3.8, 4) is 0 Å². The summed E-state index contributed by atoms with van der Waals surface area (Å²) in [5.41, 5.74) is 0.938. The van der Waals surface area contributed by atoms with Crippen LogP contribution in [0.2, 0.25) is 0 Å². The van der Waals surface area contributed by atoms with E-state index in [1.807, 2.05) is 13.8 Å². The van der Waals surface area contributed by atoms with E-state index in [4.69, 9.17) is 0 Å². The number of hydrogen-bond donors (Lipinski definition) is 3. The van der Waals surface area contributed by atoms with Crippen LogP contribution in [-0.2, 0) is 9.59 Å². The lowest BCUT2D eigenvalue weighted by Gasteiger charge is -2.22. The molecule has 0 saturated heterocycles. The van der Waals surface area contributed by atoms with Crippen molar-refractivity contribution in [2.45, 2.75) is 19.9 Å². The fourth-order valence-corrected chi connectivity index (χ4v) is 2.63. The van der Waals surface area contributed by atoms with Crippen LogP contribution in [0.3, 0.4) is 0 Å². The van der Waals surface area contributed by atoms with Gasteiger partial charge >= 0.3 is 0 Å². The Morgan fingerprint density at radius 3 is 2.18 bits per heavy atom. The maximum absolute atomic E-state index is 13.1. The molecule has 2 aromatic rings. The molecule has 0 bridgehead atoms. The Bertz CT molecular complexity index is 826. The molecule has 2 rings (SSSR count). The predicted molar refractivity (Wildman–Crippen MR) is 100.0 cm³/mol. The molecule has 28 heavy (non-hydrogen) atoms. The average Bonchev–Trinajstić information content (AvgIpc) is 2.64. The monoisotopic (exact) mass is 393 g/mol. The maximum atomic E-state index is 13.1. The van der Waals surface area contributed by atoms with Gasteiger partial charge in [-0.05, 0) is 35.7 Å². The second-order valence-electron chi connectivity index (χ2n) is 6.61. The van der Waals surface area contributed by atoms with Gasteiger partial charge in [0.1, 0.15) is 5.82 Å². The second-order valence-corrected chi connectivity index (χ2v) is 6.61. The highest BCUT2D eigenvalue weighted by Crippen LogP contribution is 2.21. The zero-order valence-corrected chi connectivity index (χ0v) is 15.6. The van der Waals surface area contributed by atoms with E-state index in [1.165, 1.54) is 18.2 Å². The van der Waals surface area contributed by atoms with Gasteiger partial charge in [0.2, 0.25) is 11.8 Å². The molecule has 0 saturated carbocycles. The molecular weight excluding hydrogens is 371 g/mol. The topological polar surface area (TPSA) is 70.2 Å². The van der Waals surface area contributed by atoms with Gasteiger partial charge in [-0.1, -0.05) is 26.0 Å². The van der Waals surface area contributed by atoms with Gasteiger partial charge in [0.25, 0.3) is 0 Å². The molecule has 0 aliphatic rings. The van der Waals surface area contributed by atoms with Gasteiger partial charge in [0, 0.05) is 17.8 Å². The molecule has 0 heterocycles. The first-order valence-corrected chi connectivity index (χ1v) is 8.76. The molecule has 8 heteroatoms. The minimum atomic E-state index is -1.08. The highest BCUT2D eigenvalue weighted by atomic mass is 19.2. The molecule has 150 valence electrons. The Morgan fingerprint density at radius 1 is 0.893 bits per heavy atom. The number of halogens is 3. The van der Waals surface area contributed by atoms with Crippen LogP contribution in [0.4, 0.5) is 18.9 Å². The Morgan fingerprint density at radius 2 is 1.57 bits per heavy atom. The van der Waals surface area contributed by atoms with Crippen LogP contribution in [-0.4, -0.2) is 24.9 Å². The first-order chi connectivity index (χ1) is 13.3. The molecule has 5 nitrogen and oxygen atoms in total. The van der Waals surface area contributed by atoms with Crippen molar-refractivity contribution in [2.75, 3.05) is 18.4 Å². The van der Waals surface area contributed by atoms with E-state index in [0.717, 1.165) is 17.7 Å². The third-order valence-electron chi connectivity index (χ3n) is 4.03. The van der Waals surface area contributed by atoms with Crippen LogP contribution in [0.25, 0.3) is 0 Å². The van der Waals surface area contributed by atoms with Crippen molar-refractivity contribution in [3.63, 3.8) is 0 Å². The van der Waals surface area contributed by atoms with E-state index >= 15 is 0 Å². The molecule has 1 atom stereocenters. The Hall–Kier alpha value is -2.87. The van der Waals surface area contributed by atoms with Gasteiger partial charge in [-0.2, -0.15) is 0 Å². The Labute approximate surface area is 161 Å². The fourth-order valence-electron chi connectivity index (χ4n) is 2.63. The van der Waals surface area contributed by atoms with Crippen LogP contribution in [0.1, 0.15) is 25.5 Å². The third-order valence-corrected chi connectivity index (χ3v) is 4.03. The number of nitrogens with one attached hydrogen (secondary N) is 3.